The van der Waals surface area contributed by atoms with E-state index < -0.39 is 0 Å². The van der Waals surface area contributed by atoms with Crippen LogP contribution in [-0.2, 0) is 0 Å². The van der Waals surface area contributed by atoms with Gasteiger partial charge in [-0.1, -0.05) is 47.7 Å². The number of aromatic nitrogens is 1. The Labute approximate surface area is 165 Å². The predicted molar refractivity (Wildman–Crippen MR) is 113 cm³/mol. The molecule has 0 unspecified atom stereocenters. The minimum Gasteiger partial charge on any atom is -0.308 e. The molecular weight excluding hydrogens is 372 g/mol. The molecule has 1 heterocycles. The van der Waals surface area contributed by atoms with E-state index in [1.54, 1.807) is 24.3 Å². The van der Waals surface area contributed by atoms with Crippen LogP contribution in [0.15, 0.2) is 78.9 Å². The van der Waals surface area contributed by atoms with Crippen LogP contribution in [0.1, 0.15) is 10.4 Å². The van der Waals surface area contributed by atoms with E-state index in [4.69, 9.17) is 0 Å². The molecule has 1 aromatic heterocycles. The van der Waals surface area contributed by atoms with Gasteiger partial charge in [0.2, 0.25) is 0 Å². The number of fused-ring (bicyclic) bond motifs is 1. The first-order valence-corrected chi connectivity index (χ1v) is 9.39. The van der Waals surface area contributed by atoms with Crippen LogP contribution in [0.5, 0.6) is 0 Å². The molecule has 0 saturated carbocycles. The van der Waals surface area contributed by atoms with Crippen molar-refractivity contribution in [2.75, 3.05) is 16.0 Å². The number of carbonyl (C=O) groups excluding carboxylic acids is 2. The maximum atomic E-state index is 12.3. The Morgan fingerprint density at radius 3 is 2.18 bits per heavy atom. The molecule has 138 valence electrons. The van der Waals surface area contributed by atoms with E-state index in [9.17, 15) is 9.59 Å². The van der Waals surface area contributed by atoms with Gasteiger partial charge in [-0.2, -0.15) is 0 Å². The highest BCUT2D eigenvalue weighted by Crippen LogP contribution is 2.28. The Kier molecular flexibility index (Phi) is 4.99. The molecule has 0 atom stereocenters. The summed E-state index contributed by atoms with van der Waals surface area (Å²) in [6.45, 7) is 0. The molecule has 6 nitrogen and oxygen atoms in total. The molecule has 0 aliphatic carbocycles. The van der Waals surface area contributed by atoms with Crippen molar-refractivity contribution in [1.82, 2.24) is 4.98 Å². The monoisotopic (exact) mass is 388 g/mol. The maximum Gasteiger partial charge on any atom is 0.323 e. The van der Waals surface area contributed by atoms with Crippen molar-refractivity contribution in [3.8, 4) is 0 Å². The molecule has 3 N–H and O–H groups in total. The van der Waals surface area contributed by atoms with Gasteiger partial charge in [0, 0.05) is 16.9 Å². The van der Waals surface area contributed by atoms with Gasteiger partial charge < -0.3 is 10.6 Å². The minimum atomic E-state index is -0.335. The SMILES string of the molecule is O=C(Nc1ccccc1)Nc1ccc2sc(NC(=O)c3ccccc3)nc2c1. The molecule has 4 rings (SSSR count). The normalized spacial score (nSPS) is 10.4. The number of amides is 3. The van der Waals surface area contributed by atoms with Crippen molar-refractivity contribution in [2.45, 2.75) is 0 Å². The van der Waals surface area contributed by atoms with Crippen LogP contribution in [0.2, 0.25) is 0 Å². The number of benzene rings is 3. The molecule has 0 radical (unpaired) electrons. The number of anilines is 3. The second-order valence-corrected chi connectivity index (χ2v) is 7.00. The topological polar surface area (TPSA) is 83.1 Å². The molecular formula is C21H16N4O2S. The Balaban J connectivity index is 1.46. The molecule has 0 bridgehead atoms. The Hall–Kier alpha value is -3.71. The average molecular weight is 388 g/mol. The first-order valence-electron chi connectivity index (χ1n) is 8.57. The van der Waals surface area contributed by atoms with Crippen molar-refractivity contribution >= 4 is 50.0 Å². The zero-order valence-corrected chi connectivity index (χ0v) is 15.5. The lowest BCUT2D eigenvalue weighted by Crippen LogP contribution is -2.19. The molecule has 4 aromatic rings. The summed E-state index contributed by atoms with van der Waals surface area (Å²) >= 11 is 1.38. The summed E-state index contributed by atoms with van der Waals surface area (Å²) < 4.78 is 0.914. The van der Waals surface area contributed by atoms with Crippen LogP contribution in [-0.4, -0.2) is 16.9 Å². The number of nitrogens with zero attached hydrogens (tertiary/aromatic N) is 1. The van der Waals surface area contributed by atoms with Gasteiger partial charge in [0.25, 0.3) is 5.91 Å². The maximum absolute atomic E-state index is 12.3. The smallest absolute Gasteiger partial charge is 0.308 e. The summed E-state index contributed by atoms with van der Waals surface area (Å²) in [7, 11) is 0. The number of thiazole rings is 1. The Bertz CT molecular complexity index is 1130. The van der Waals surface area contributed by atoms with E-state index in [2.05, 4.69) is 20.9 Å². The lowest BCUT2D eigenvalue weighted by atomic mass is 10.2. The minimum absolute atomic E-state index is 0.208. The number of hydrogen-bond acceptors (Lipinski definition) is 4. The van der Waals surface area contributed by atoms with Crippen LogP contribution in [0.4, 0.5) is 21.3 Å². The van der Waals surface area contributed by atoms with Gasteiger partial charge in [-0.3, -0.25) is 10.1 Å². The molecule has 0 spiro atoms. The summed E-state index contributed by atoms with van der Waals surface area (Å²) in [5.74, 6) is -0.208. The molecule has 28 heavy (non-hydrogen) atoms. The fraction of sp³-hybridized carbons (Fsp3) is 0. The summed E-state index contributed by atoms with van der Waals surface area (Å²) in [6, 6.07) is 23.3. The van der Waals surface area contributed by atoms with Crippen LogP contribution < -0.4 is 16.0 Å². The second-order valence-electron chi connectivity index (χ2n) is 5.97. The van der Waals surface area contributed by atoms with E-state index in [0.29, 0.717) is 27.6 Å². The van der Waals surface area contributed by atoms with Gasteiger partial charge >= 0.3 is 6.03 Å². The largest absolute Gasteiger partial charge is 0.323 e. The third-order valence-electron chi connectivity index (χ3n) is 3.93. The molecule has 0 fully saturated rings. The summed E-state index contributed by atoms with van der Waals surface area (Å²) in [5.41, 5.74) is 2.60. The average Bonchev–Trinajstić information content (AvgIpc) is 3.10. The van der Waals surface area contributed by atoms with Crippen LogP contribution >= 0.6 is 11.3 Å². The van der Waals surface area contributed by atoms with Gasteiger partial charge in [-0.25, -0.2) is 9.78 Å². The number of rotatable bonds is 4. The highest BCUT2D eigenvalue weighted by atomic mass is 32.1. The van der Waals surface area contributed by atoms with E-state index in [1.807, 2.05) is 54.6 Å². The molecule has 7 heteroatoms. The predicted octanol–water partition coefficient (Wildman–Crippen LogP) is 5.19. The van der Waals surface area contributed by atoms with E-state index in [-0.39, 0.29) is 11.9 Å². The molecule has 0 aliphatic rings. The zero-order chi connectivity index (χ0) is 19.3. The van der Waals surface area contributed by atoms with Gasteiger partial charge in [0.1, 0.15) is 0 Å². The number of urea groups is 1. The van der Waals surface area contributed by atoms with Gasteiger partial charge in [0.15, 0.2) is 5.13 Å². The van der Waals surface area contributed by atoms with Gasteiger partial charge in [-0.15, -0.1) is 0 Å². The van der Waals surface area contributed by atoms with Crippen molar-refractivity contribution in [3.63, 3.8) is 0 Å². The molecule has 0 aliphatic heterocycles. The molecule has 3 amide bonds. The lowest BCUT2D eigenvalue weighted by molar-refractivity contribution is 0.102. The quantitative estimate of drug-likeness (QED) is 0.450. The van der Waals surface area contributed by atoms with Crippen molar-refractivity contribution in [3.05, 3.63) is 84.4 Å². The molecule has 3 aromatic carbocycles. The summed E-state index contributed by atoms with van der Waals surface area (Å²) in [5, 5.41) is 8.87. The lowest BCUT2D eigenvalue weighted by Gasteiger charge is -2.07. The zero-order valence-electron chi connectivity index (χ0n) is 14.7. The standard InChI is InChI=1S/C21H16N4O2S/c26-19(14-7-3-1-4-8-14)25-21-24-17-13-16(11-12-18(17)28-21)23-20(27)22-15-9-5-2-6-10-15/h1-13H,(H2,22,23,27)(H,24,25,26). The van der Waals surface area contributed by atoms with E-state index >= 15 is 0 Å². The third kappa shape index (κ3) is 4.16. The fourth-order valence-corrected chi connectivity index (χ4v) is 3.47. The van der Waals surface area contributed by atoms with Gasteiger partial charge in [0.05, 0.1) is 10.2 Å². The highest BCUT2D eigenvalue weighted by molar-refractivity contribution is 7.22. The highest BCUT2D eigenvalue weighted by Gasteiger charge is 2.11. The third-order valence-corrected chi connectivity index (χ3v) is 4.89. The van der Waals surface area contributed by atoms with Crippen molar-refractivity contribution in [2.24, 2.45) is 0 Å². The summed E-state index contributed by atoms with van der Waals surface area (Å²) in [4.78, 5) is 28.8. The van der Waals surface area contributed by atoms with Crippen LogP contribution in [0.3, 0.4) is 0 Å². The number of nitrogens with one attached hydrogen (secondary N) is 3. The number of hydrogen-bond donors (Lipinski definition) is 3. The second kappa shape index (κ2) is 7.89. The summed E-state index contributed by atoms with van der Waals surface area (Å²) in [6.07, 6.45) is 0. The number of carbonyl (C=O) groups is 2. The van der Waals surface area contributed by atoms with Gasteiger partial charge in [-0.05, 0) is 42.5 Å². The molecule has 0 saturated heterocycles. The van der Waals surface area contributed by atoms with Crippen molar-refractivity contribution < 1.29 is 9.59 Å². The Morgan fingerprint density at radius 1 is 0.750 bits per heavy atom. The van der Waals surface area contributed by atoms with Crippen LogP contribution in [0.25, 0.3) is 10.2 Å². The number of para-hydroxylation sites is 1. The van der Waals surface area contributed by atoms with E-state index in [1.165, 1.54) is 11.3 Å². The van der Waals surface area contributed by atoms with E-state index in [0.717, 1.165) is 4.70 Å². The Morgan fingerprint density at radius 2 is 1.43 bits per heavy atom. The fourth-order valence-electron chi connectivity index (χ4n) is 2.63. The van der Waals surface area contributed by atoms with Crippen molar-refractivity contribution in [1.29, 1.82) is 0 Å². The first-order chi connectivity index (χ1) is 13.7. The van der Waals surface area contributed by atoms with Crippen LogP contribution in [0, 0.1) is 0 Å². The first kappa shape index (κ1) is 17.7.